The van der Waals surface area contributed by atoms with Gasteiger partial charge in [-0.15, -0.1) is 23.1 Å². The molecular weight excluding hydrogens is 434 g/mol. The number of carbonyl (C=O) groups excluding carboxylic acids is 1. The second kappa shape index (κ2) is 9.07. The molecule has 2 aliphatic heterocycles. The van der Waals surface area contributed by atoms with Crippen molar-refractivity contribution in [2.75, 3.05) is 33.7 Å². The van der Waals surface area contributed by atoms with Crippen LogP contribution in [0.25, 0.3) is 0 Å². The maximum atomic E-state index is 13.0. The van der Waals surface area contributed by atoms with Crippen molar-refractivity contribution in [2.45, 2.75) is 10.6 Å². The maximum Gasteiger partial charge on any atom is 0.260 e. The molecule has 1 aromatic carbocycles. The molecule has 162 valence electrons. The predicted octanol–water partition coefficient (Wildman–Crippen LogP) is 4.55. The average Bonchev–Trinajstić information content (AvgIpc) is 3.27. The molecule has 2 unspecified atom stereocenters. The van der Waals surface area contributed by atoms with Gasteiger partial charge in [0, 0.05) is 24.3 Å². The lowest BCUT2D eigenvalue weighted by Crippen LogP contribution is -2.16. The number of thioether (sulfide) groups is 1. The Bertz CT molecular complexity index is 1080. The van der Waals surface area contributed by atoms with Crippen molar-refractivity contribution in [3.05, 3.63) is 58.8 Å². The topological polar surface area (TPSA) is 72.4 Å². The number of anilines is 1. The van der Waals surface area contributed by atoms with Gasteiger partial charge < -0.3 is 24.4 Å². The highest BCUT2D eigenvalue weighted by Gasteiger charge is 2.35. The quantitative estimate of drug-likeness (QED) is 0.686. The molecule has 0 saturated carbocycles. The number of hydrogen-bond acceptors (Lipinski definition) is 8. The first-order valence-corrected chi connectivity index (χ1v) is 11.3. The number of fused-ring (bicyclic) bond motifs is 1. The van der Waals surface area contributed by atoms with Crippen LogP contribution >= 0.6 is 23.1 Å². The van der Waals surface area contributed by atoms with Gasteiger partial charge in [-0.05, 0) is 30.3 Å². The Morgan fingerprint density at radius 2 is 1.90 bits per heavy atom. The van der Waals surface area contributed by atoms with Crippen LogP contribution in [-0.4, -0.2) is 50.6 Å². The average molecular weight is 458 g/mol. The number of rotatable bonds is 6. The van der Waals surface area contributed by atoms with Crippen LogP contribution in [-0.2, 0) is 0 Å². The van der Waals surface area contributed by atoms with E-state index in [1.165, 1.54) is 19.9 Å². The number of thiophene rings is 1. The first-order chi connectivity index (χ1) is 15.1. The summed E-state index contributed by atoms with van der Waals surface area (Å²) in [6.45, 7) is 0. The molecule has 0 bridgehead atoms. The highest BCUT2D eigenvalue weighted by Crippen LogP contribution is 2.50. The molecule has 0 radical (unpaired) electrons. The van der Waals surface area contributed by atoms with E-state index in [9.17, 15) is 4.79 Å². The number of benzene rings is 1. The Morgan fingerprint density at radius 1 is 1.10 bits per heavy atom. The molecule has 2 aromatic rings. The first kappa shape index (κ1) is 21.3. The number of ether oxygens (including phenoxy) is 3. The third kappa shape index (κ3) is 4.03. The van der Waals surface area contributed by atoms with Crippen molar-refractivity contribution in [2.24, 2.45) is 4.99 Å². The van der Waals surface area contributed by atoms with E-state index < -0.39 is 0 Å². The van der Waals surface area contributed by atoms with E-state index in [-0.39, 0.29) is 16.5 Å². The molecule has 1 fully saturated rings. The number of hydrogen-bond donors (Lipinski definition) is 1. The maximum absolute atomic E-state index is 13.0. The molecule has 7 nitrogen and oxygen atoms in total. The van der Waals surface area contributed by atoms with Gasteiger partial charge in [0.05, 0.1) is 42.8 Å². The molecular formula is C22H23N3O4S2. The SMILES string of the molecule is COc1ccc(C(=O)Nc2ccc(C3SC4C=CC=NC=C4N3C)s2)c(OC)c1OC. The number of carbonyl (C=O) groups is 1. The lowest BCUT2D eigenvalue weighted by Gasteiger charge is -2.20. The minimum absolute atomic E-state index is 0.167. The molecule has 1 aromatic heterocycles. The Labute approximate surface area is 189 Å². The summed E-state index contributed by atoms with van der Waals surface area (Å²) in [6, 6.07) is 7.33. The second-order valence-electron chi connectivity index (χ2n) is 6.79. The lowest BCUT2D eigenvalue weighted by molar-refractivity contribution is 0.102. The van der Waals surface area contributed by atoms with E-state index in [0.29, 0.717) is 22.8 Å². The Kier molecular flexibility index (Phi) is 6.24. The standard InChI is InChI=1S/C22H23N3O4S2/c1-25-14-12-23-11-5-6-16(14)31-22(25)17-9-10-18(30-17)24-21(26)13-7-8-15(27-2)20(29-4)19(13)28-3/h5-12,16,22H,1-4H3,(H,24,26). The summed E-state index contributed by atoms with van der Waals surface area (Å²) in [7, 11) is 6.63. The monoisotopic (exact) mass is 457 g/mol. The Balaban J connectivity index is 1.54. The van der Waals surface area contributed by atoms with Crippen LogP contribution in [0.4, 0.5) is 5.00 Å². The molecule has 1 amide bonds. The molecule has 1 N–H and O–H groups in total. The lowest BCUT2D eigenvalue weighted by atomic mass is 10.1. The van der Waals surface area contributed by atoms with E-state index in [1.807, 2.05) is 30.1 Å². The van der Waals surface area contributed by atoms with Crippen molar-refractivity contribution in [1.82, 2.24) is 4.90 Å². The van der Waals surface area contributed by atoms with Crippen LogP contribution in [0, 0.1) is 0 Å². The smallest absolute Gasteiger partial charge is 0.260 e. The van der Waals surface area contributed by atoms with Gasteiger partial charge in [-0.1, -0.05) is 6.08 Å². The predicted molar refractivity (Wildman–Crippen MR) is 126 cm³/mol. The zero-order valence-corrected chi connectivity index (χ0v) is 19.3. The molecule has 9 heteroatoms. The number of allylic oxidation sites excluding steroid dienone is 1. The van der Waals surface area contributed by atoms with E-state index in [1.54, 1.807) is 36.8 Å². The van der Waals surface area contributed by atoms with Crippen molar-refractivity contribution in [3.63, 3.8) is 0 Å². The summed E-state index contributed by atoms with van der Waals surface area (Å²) in [4.78, 5) is 20.7. The summed E-state index contributed by atoms with van der Waals surface area (Å²) >= 11 is 3.41. The van der Waals surface area contributed by atoms with E-state index in [2.05, 4.69) is 34.4 Å². The molecule has 3 heterocycles. The molecule has 1 saturated heterocycles. The molecule has 4 rings (SSSR count). The molecule has 0 spiro atoms. The number of methoxy groups -OCH3 is 3. The zero-order valence-electron chi connectivity index (χ0n) is 17.6. The van der Waals surface area contributed by atoms with Crippen LogP contribution < -0.4 is 19.5 Å². The summed E-state index contributed by atoms with van der Waals surface area (Å²) in [5.74, 6) is 0.946. The van der Waals surface area contributed by atoms with Crippen molar-refractivity contribution in [1.29, 1.82) is 0 Å². The number of aliphatic imine (C=N–C) groups is 1. The Morgan fingerprint density at radius 3 is 2.65 bits per heavy atom. The highest BCUT2D eigenvalue weighted by atomic mass is 32.2. The molecule has 0 aliphatic carbocycles. The van der Waals surface area contributed by atoms with E-state index >= 15 is 0 Å². The van der Waals surface area contributed by atoms with Gasteiger partial charge in [0.15, 0.2) is 11.5 Å². The number of amides is 1. The highest BCUT2D eigenvalue weighted by molar-refractivity contribution is 8.00. The van der Waals surface area contributed by atoms with E-state index in [0.717, 1.165) is 9.88 Å². The van der Waals surface area contributed by atoms with Crippen molar-refractivity contribution < 1.29 is 19.0 Å². The van der Waals surface area contributed by atoms with Gasteiger partial charge in [0.2, 0.25) is 5.75 Å². The fraction of sp³-hybridized carbons (Fsp3) is 0.273. The summed E-state index contributed by atoms with van der Waals surface area (Å²) in [6.07, 6.45) is 7.85. The molecule has 2 aliphatic rings. The van der Waals surface area contributed by atoms with Crippen LogP contribution in [0.5, 0.6) is 17.2 Å². The third-order valence-electron chi connectivity index (χ3n) is 5.05. The number of nitrogens with one attached hydrogen (secondary N) is 1. The van der Waals surface area contributed by atoms with Crippen LogP contribution in [0.1, 0.15) is 20.6 Å². The number of nitrogens with zero attached hydrogens (tertiary/aromatic N) is 2. The van der Waals surface area contributed by atoms with Crippen molar-refractivity contribution in [3.8, 4) is 17.2 Å². The van der Waals surface area contributed by atoms with Crippen LogP contribution in [0.2, 0.25) is 0 Å². The van der Waals surface area contributed by atoms with Gasteiger partial charge in [-0.25, -0.2) is 0 Å². The molecule has 31 heavy (non-hydrogen) atoms. The van der Waals surface area contributed by atoms with Gasteiger partial charge in [-0.3, -0.25) is 9.79 Å². The minimum Gasteiger partial charge on any atom is -0.493 e. The van der Waals surface area contributed by atoms with Crippen molar-refractivity contribution >= 4 is 40.2 Å². The van der Waals surface area contributed by atoms with Crippen LogP contribution in [0.15, 0.2) is 53.3 Å². The minimum atomic E-state index is -0.274. The summed E-state index contributed by atoms with van der Waals surface area (Å²) in [5, 5.41) is 4.18. The largest absolute Gasteiger partial charge is 0.493 e. The molecule has 2 atom stereocenters. The fourth-order valence-corrected chi connectivity index (χ4v) is 6.12. The summed E-state index contributed by atoms with van der Waals surface area (Å²) in [5.41, 5.74) is 1.55. The van der Waals surface area contributed by atoms with Crippen LogP contribution in [0.3, 0.4) is 0 Å². The van der Waals surface area contributed by atoms with Gasteiger partial charge >= 0.3 is 0 Å². The summed E-state index contributed by atoms with van der Waals surface area (Å²) < 4.78 is 16.1. The first-order valence-electron chi connectivity index (χ1n) is 9.55. The Hall–Kier alpha value is -2.91. The third-order valence-corrected chi connectivity index (χ3v) is 7.77. The van der Waals surface area contributed by atoms with Gasteiger partial charge in [-0.2, -0.15) is 0 Å². The van der Waals surface area contributed by atoms with Gasteiger partial charge in [0.25, 0.3) is 5.91 Å². The fourth-order valence-electron chi connectivity index (χ4n) is 3.53. The zero-order chi connectivity index (χ0) is 22.0. The second-order valence-corrected chi connectivity index (χ2v) is 9.14. The van der Waals surface area contributed by atoms with E-state index in [4.69, 9.17) is 14.2 Å². The normalized spacial score (nSPS) is 19.5. The van der Waals surface area contributed by atoms with Gasteiger partial charge in [0.1, 0.15) is 5.37 Å².